The first-order valence-corrected chi connectivity index (χ1v) is 15.5. The van der Waals surface area contributed by atoms with Crippen molar-refractivity contribution in [3.63, 3.8) is 0 Å². The fourth-order valence-corrected chi connectivity index (χ4v) is 6.84. The van der Waals surface area contributed by atoms with Gasteiger partial charge < -0.3 is 9.13 Å². The minimum atomic E-state index is 0.592. The monoisotopic (exact) mass is 597 g/mol. The van der Waals surface area contributed by atoms with Crippen LogP contribution in [0.5, 0.6) is 0 Å². The van der Waals surface area contributed by atoms with Crippen LogP contribution >= 0.6 is 0 Å². The highest BCUT2D eigenvalue weighted by Crippen LogP contribution is 2.38. The lowest BCUT2D eigenvalue weighted by molar-refractivity contribution is 1.10. The number of hydrogen-bond acceptors (Lipinski definition) is 1. The maximum atomic E-state index is 10.5. The summed E-state index contributed by atoms with van der Waals surface area (Å²) in [6.07, 6.45) is 9.30. The van der Waals surface area contributed by atoms with Gasteiger partial charge in [0.15, 0.2) is 0 Å². The van der Waals surface area contributed by atoms with E-state index < -0.39 is 0 Å². The molecule has 2 heterocycles. The predicted molar refractivity (Wildman–Crippen MR) is 193 cm³/mol. The van der Waals surface area contributed by atoms with Gasteiger partial charge in [-0.05, 0) is 66.6 Å². The second kappa shape index (κ2) is 11.3. The van der Waals surface area contributed by atoms with Gasteiger partial charge in [-0.3, -0.25) is 0 Å². The Morgan fingerprint density at radius 1 is 0.702 bits per heavy atom. The third kappa shape index (κ3) is 4.49. The van der Waals surface area contributed by atoms with E-state index in [-0.39, 0.29) is 0 Å². The van der Waals surface area contributed by atoms with E-state index in [1.807, 2.05) is 30.3 Å². The molecule has 3 nitrogen and oxygen atoms in total. The lowest BCUT2D eigenvalue weighted by atomic mass is 9.94. The molecular weight excluding hydrogens is 571 g/mol. The Labute approximate surface area is 273 Å². The Kier molecular flexibility index (Phi) is 6.70. The van der Waals surface area contributed by atoms with Gasteiger partial charge in [0, 0.05) is 38.9 Å². The number of aromatic nitrogens is 2. The topological polar surface area (TPSA) is 33.6 Å². The molecule has 6 aromatic carbocycles. The van der Waals surface area contributed by atoms with Crippen LogP contribution in [0.1, 0.15) is 16.8 Å². The van der Waals surface area contributed by atoms with Crippen molar-refractivity contribution < 1.29 is 0 Å². The second-order valence-electron chi connectivity index (χ2n) is 11.5. The molecule has 0 atom stereocenters. The summed E-state index contributed by atoms with van der Waals surface area (Å²) >= 11 is 0. The first kappa shape index (κ1) is 27.8. The molecule has 2 aromatic heterocycles. The number of rotatable bonds is 5. The number of nitriles is 1. The Morgan fingerprint density at radius 2 is 1.34 bits per heavy atom. The number of terminal acetylenes is 1. The quantitative estimate of drug-likeness (QED) is 0.182. The second-order valence-corrected chi connectivity index (χ2v) is 11.5. The van der Waals surface area contributed by atoms with Crippen molar-refractivity contribution in [2.45, 2.75) is 6.92 Å². The summed E-state index contributed by atoms with van der Waals surface area (Å²) in [6, 6.07) is 52.7. The zero-order valence-electron chi connectivity index (χ0n) is 25.7. The van der Waals surface area contributed by atoms with Crippen LogP contribution in [0.3, 0.4) is 0 Å². The van der Waals surface area contributed by atoms with E-state index in [2.05, 4.69) is 143 Å². The normalized spacial score (nSPS) is 11.2. The number of hydrogen-bond donors (Lipinski definition) is 0. The minimum Gasteiger partial charge on any atom is -0.309 e. The smallest absolute Gasteiger partial charge is 0.0998 e. The summed E-state index contributed by atoms with van der Waals surface area (Å²) < 4.78 is 4.50. The third-order valence-electron chi connectivity index (χ3n) is 8.96. The molecule has 0 aliphatic heterocycles. The van der Waals surface area contributed by atoms with Gasteiger partial charge in [-0.2, -0.15) is 5.26 Å². The number of allylic oxidation sites excluding steroid dienone is 1. The van der Waals surface area contributed by atoms with Crippen LogP contribution in [0.4, 0.5) is 0 Å². The van der Waals surface area contributed by atoms with Gasteiger partial charge in [-0.15, -0.1) is 6.42 Å². The van der Waals surface area contributed by atoms with Crippen LogP contribution in [0.15, 0.2) is 133 Å². The van der Waals surface area contributed by atoms with E-state index in [0.717, 1.165) is 66.8 Å². The molecule has 0 bridgehead atoms. The van der Waals surface area contributed by atoms with E-state index in [1.54, 1.807) is 6.08 Å². The van der Waals surface area contributed by atoms with Crippen LogP contribution in [0.25, 0.3) is 72.4 Å². The van der Waals surface area contributed by atoms with Crippen molar-refractivity contribution in [2.24, 2.45) is 0 Å². The van der Waals surface area contributed by atoms with Crippen LogP contribution < -0.4 is 0 Å². The Bertz CT molecular complexity index is 2560. The Hall–Kier alpha value is -6.73. The number of aryl methyl sites for hydroxylation is 1. The van der Waals surface area contributed by atoms with Gasteiger partial charge >= 0.3 is 0 Å². The number of para-hydroxylation sites is 4. The minimum absolute atomic E-state index is 0.592. The van der Waals surface area contributed by atoms with Crippen LogP contribution in [-0.2, 0) is 0 Å². The summed E-state index contributed by atoms with van der Waals surface area (Å²) in [7, 11) is 0. The standard InChI is InChI=1S/C44H27N3/c1-3-4-20-40-30(2)35-16-5-9-21-41(35)46(40)34-15-13-14-31(28-34)32-25-26-36(33(27-32)29-45)37-17-6-10-22-42(37)47-43-23-11-7-18-38(43)39-19-8-12-24-44(39)47/h1,4-12,15-28H,2H3/b20-4-. The van der Waals surface area contributed by atoms with E-state index in [1.165, 1.54) is 10.8 Å². The molecule has 3 heteroatoms. The predicted octanol–water partition coefficient (Wildman–Crippen LogP) is 10.5. The van der Waals surface area contributed by atoms with Crippen molar-refractivity contribution in [1.29, 1.82) is 5.26 Å². The molecule has 8 aromatic rings. The Morgan fingerprint density at radius 3 is 2.04 bits per heavy atom. The lowest BCUT2D eigenvalue weighted by Gasteiger charge is -2.15. The highest BCUT2D eigenvalue weighted by Gasteiger charge is 2.18. The number of nitrogens with zero attached hydrogens (tertiary/aromatic N) is 3. The summed E-state index contributed by atoms with van der Waals surface area (Å²) in [4.78, 5) is 0. The van der Waals surface area contributed by atoms with Crippen molar-refractivity contribution in [1.82, 2.24) is 9.13 Å². The molecule has 0 aliphatic carbocycles. The van der Waals surface area contributed by atoms with E-state index >= 15 is 0 Å². The van der Waals surface area contributed by atoms with Crippen LogP contribution in [0.2, 0.25) is 0 Å². The zero-order chi connectivity index (χ0) is 31.9. The zero-order valence-corrected chi connectivity index (χ0v) is 25.7. The molecule has 0 saturated heterocycles. The van der Waals surface area contributed by atoms with Crippen molar-refractivity contribution in [3.8, 4) is 52.0 Å². The van der Waals surface area contributed by atoms with Gasteiger partial charge in [0.2, 0.25) is 0 Å². The molecule has 0 N–H and O–H groups in total. The van der Waals surface area contributed by atoms with E-state index in [4.69, 9.17) is 6.42 Å². The first-order valence-electron chi connectivity index (χ1n) is 15.5. The van der Waals surface area contributed by atoms with Gasteiger partial charge in [0.25, 0.3) is 0 Å². The summed E-state index contributed by atoms with van der Waals surface area (Å²) in [5.74, 6) is 2.63. The van der Waals surface area contributed by atoms with Crippen LogP contribution in [-0.4, -0.2) is 9.13 Å². The first-order chi connectivity index (χ1) is 23.2. The number of benzene rings is 5. The Balaban J connectivity index is 1.27. The molecule has 8 rings (SSSR count). The summed E-state index contributed by atoms with van der Waals surface area (Å²) in [5.41, 5.74) is 11.7. The van der Waals surface area contributed by atoms with E-state index in [9.17, 15) is 5.26 Å². The molecule has 0 amide bonds. The van der Waals surface area contributed by atoms with Gasteiger partial charge in [-0.1, -0.05) is 103 Å². The largest absolute Gasteiger partial charge is 0.309 e. The maximum Gasteiger partial charge on any atom is 0.0998 e. The molecule has 218 valence electrons. The van der Waals surface area contributed by atoms with Gasteiger partial charge in [0.05, 0.1) is 45.3 Å². The molecule has 0 aliphatic rings. The number of fused-ring (bicyclic) bond motifs is 4. The summed E-state index contributed by atoms with van der Waals surface area (Å²) in [5, 5.41) is 14.0. The highest BCUT2D eigenvalue weighted by atomic mass is 15.0. The molecule has 0 unspecified atom stereocenters. The molecular formula is C44H27N3. The molecule has 47 heavy (non-hydrogen) atoms. The average molecular weight is 598 g/mol. The lowest BCUT2D eigenvalue weighted by Crippen LogP contribution is -1.98. The SMILES string of the molecule is C#C/C=C\c1c(C)c2ccccc2n1-c1cc#cc(-c2ccc(-c3ccccc3-n3c4ccccc4c4ccccc43)c(C#N)c2)c1. The molecule has 0 saturated carbocycles. The summed E-state index contributed by atoms with van der Waals surface area (Å²) in [6.45, 7) is 2.11. The molecule has 0 spiro atoms. The fraction of sp³-hybridized carbons (Fsp3) is 0.0227. The molecule has 0 fully saturated rings. The van der Waals surface area contributed by atoms with Crippen LogP contribution in [0, 0.1) is 42.7 Å². The fourth-order valence-electron chi connectivity index (χ4n) is 6.84. The third-order valence-corrected chi connectivity index (χ3v) is 8.96. The van der Waals surface area contributed by atoms with E-state index in [0.29, 0.717) is 5.56 Å². The maximum absolute atomic E-state index is 10.5. The molecule has 0 radical (unpaired) electrons. The average Bonchev–Trinajstić information content (AvgIpc) is 3.62. The van der Waals surface area contributed by atoms with Crippen molar-refractivity contribution in [2.75, 3.05) is 0 Å². The van der Waals surface area contributed by atoms with Gasteiger partial charge in [0.1, 0.15) is 0 Å². The van der Waals surface area contributed by atoms with Crippen molar-refractivity contribution in [3.05, 3.63) is 162 Å². The van der Waals surface area contributed by atoms with Crippen molar-refractivity contribution >= 4 is 38.8 Å². The van der Waals surface area contributed by atoms with Gasteiger partial charge in [-0.25, -0.2) is 0 Å². The highest BCUT2D eigenvalue weighted by molar-refractivity contribution is 6.09.